The fraction of sp³-hybridized carbons (Fsp3) is 0. The lowest BCUT2D eigenvalue weighted by atomic mass is 10.1. The maximum absolute atomic E-state index is 13.5. The Bertz CT molecular complexity index is 783. The number of rotatable bonds is 2. The van der Waals surface area contributed by atoms with Gasteiger partial charge in [0.05, 0.1) is 17.4 Å². The second-order valence-electron chi connectivity index (χ2n) is 3.99. The zero-order valence-corrected chi connectivity index (χ0v) is 10.7. The molecule has 3 aromatic rings. The van der Waals surface area contributed by atoms with Crippen LogP contribution in [-0.2, 0) is 0 Å². The molecule has 4 nitrogen and oxygen atoms in total. The Morgan fingerprint density at radius 2 is 1.75 bits per heavy atom. The van der Waals surface area contributed by atoms with Crippen LogP contribution in [0.1, 0.15) is 10.4 Å². The summed E-state index contributed by atoms with van der Waals surface area (Å²) < 4.78 is 35.1. The predicted molar refractivity (Wildman–Crippen MR) is 71.7 cm³/mol. The van der Waals surface area contributed by atoms with E-state index in [9.17, 15) is 13.6 Å². The van der Waals surface area contributed by atoms with Crippen LogP contribution < -0.4 is 5.32 Å². The molecule has 0 aliphatic heterocycles. The SMILES string of the molecule is O=C(Nc1cccc2nsnc12)c1c(F)cccc1F. The molecule has 0 bridgehead atoms. The van der Waals surface area contributed by atoms with Crippen LogP contribution in [-0.4, -0.2) is 14.7 Å². The van der Waals surface area contributed by atoms with E-state index in [1.807, 2.05) is 0 Å². The summed E-state index contributed by atoms with van der Waals surface area (Å²) in [6.07, 6.45) is 0. The molecule has 7 heteroatoms. The normalized spacial score (nSPS) is 10.7. The molecule has 2 aromatic carbocycles. The average molecular weight is 291 g/mol. The van der Waals surface area contributed by atoms with Crippen molar-refractivity contribution in [3.63, 3.8) is 0 Å². The lowest BCUT2D eigenvalue weighted by molar-refractivity contribution is 0.101. The monoisotopic (exact) mass is 291 g/mol. The molecule has 1 heterocycles. The largest absolute Gasteiger partial charge is 0.320 e. The van der Waals surface area contributed by atoms with E-state index in [1.165, 1.54) is 6.07 Å². The van der Waals surface area contributed by atoms with Crippen molar-refractivity contribution >= 4 is 34.4 Å². The molecular weight excluding hydrogens is 284 g/mol. The van der Waals surface area contributed by atoms with Crippen molar-refractivity contribution in [1.82, 2.24) is 8.75 Å². The number of carbonyl (C=O) groups is 1. The fourth-order valence-electron chi connectivity index (χ4n) is 1.81. The number of hydrogen-bond donors (Lipinski definition) is 1. The molecule has 0 fully saturated rings. The van der Waals surface area contributed by atoms with Gasteiger partial charge < -0.3 is 5.32 Å². The number of carbonyl (C=O) groups excluding carboxylic acids is 1. The second-order valence-corrected chi connectivity index (χ2v) is 4.52. The first-order valence-electron chi connectivity index (χ1n) is 5.63. The second kappa shape index (κ2) is 4.93. The lowest BCUT2D eigenvalue weighted by Crippen LogP contribution is -2.16. The molecule has 1 N–H and O–H groups in total. The molecule has 0 spiro atoms. The third-order valence-corrected chi connectivity index (χ3v) is 3.27. The highest BCUT2D eigenvalue weighted by Gasteiger charge is 2.18. The molecule has 0 unspecified atom stereocenters. The first-order chi connectivity index (χ1) is 9.66. The van der Waals surface area contributed by atoms with E-state index in [4.69, 9.17) is 0 Å². The Hall–Kier alpha value is -2.41. The Morgan fingerprint density at radius 1 is 1.05 bits per heavy atom. The van der Waals surface area contributed by atoms with Crippen molar-refractivity contribution in [3.05, 3.63) is 53.6 Å². The number of anilines is 1. The number of fused-ring (bicyclic) bond motifs is 1. The zero-order valence-electron chi connectivity index (χ0n) is 9.93. The minimum Gasteiger partial charge on any atom is -0.320 e. The Balaban J connectivity index is 1.99. The van der Waals surface area contributed by atoms with E-state index in [0.29, 0.717) is 16.7 Å². The quantitative estimate of drug-likeness (QED) is 0.788. The number of aromatic nitrogens is 2. The first kappa shape index (κ1) is 12.6. The van der Waals surface area contributed by atoms with Crippen molar-refractivity contribution in [1.29, 1.82) is 0 Å². The van der Waals surface area contributed by atoms with Gasteiger partial charge in [-0.15, -0.1) is 0 Å². The molecule has 1 amide bonds. The number of hydrogen-bond acceptors (Lipinski definition) is 4. The van der Waals surface area contributed by atoms with E-state index in [-0.39, 0.29) is 0 Å². The van der Waals surface area contributed by atoms with Crippen molar-refractivity contribution in [2.75, 3.05) is 5.32 Å². The highest BCUT2D eigenvalue weighted by Crippen LogP contribution is 2.22. The highest BCUT2D eigenvalue weighted by molar-refractivity contribution is 7.00. The summed E-state index contributed by atoms with van der Waals surface area (Å²) in [5.74, 6) is -2.68. The van der Waals surface area contributed by atoms with Crippen LogP contribution in [0.3, 0.4) is 0 Å². The fourth-order valence-corrected chi connectivity index (χ4v) is 2.36. The van der Waals surface area contributed by atoms with Crippen molar-refractivity contribution in [3.8, 4) is 0 Å². The smallest absolute Gasteiger partial charge is 0.261 e. The number of benzene rings is 2. The van der Waals surface area contributed by atoms with Crippen LogP contribution in [0.15, 0.2) is 36.4 Å². The van der Waals surface area contributed by atoms with Crippen LogP contribution in [0.2, 0.25) is 0 Å². The van der Waals surface area contributed by atoms with Gasteiger partial charge in [-0.25, -0.2) is 8.78 Å². The van der Waals surface area contributed by atoms with E-state index in [2.05, 4.69) is 14.1 Å². The highest BCUT2D eigenvalue weighted by atomic mass is 32.1. The molecule has 0 aliphatic rings. The standard InChI is InChI=1S/C13H7F2N3OS/c14-7-3-1-4-8(15)11(7)13(19)16-9-5-2-6-10-12(9)18-20-17-10/h1-6H,(H,16,19). The maximum Gasteiger partial charge on any atom is 0.261 e. The summed E-state index contributed by atoms with van der Waals surface area (Å²) in [4.78, 5) is 12.0. The maximum atomic E-state index is 13.5. The summed E-state index contributed by atoms with van der Waals surface area (Å²) in [6, 6.07) is 8.27. The Morgan fingerprint density at radius 3 is 2.50 bits per heavy atom. The van der Waals surface area contributed by atoms with Gasteiger partial charge in [0.2, 0.25) is 0 Å². The predicted octanol–water partition coefficient (Wildman–Crippen LogP) is 3.22. The van der Waals surface area contributed by atoms with Gasteiger partial charge in [-0.2, -0.15) is 8.75 Å². The van der Waals surface area contributed by atoms with Gasteiger partial charge in [0.1, 0.15) is 28.2 Å². The van der Waals surface area contributed by atoms with E-state index < -0.39 is 23.1 Å². The van der Waals surface area contributed by atoms with Gasteiger partial charge in [0, 0.05) is 0 Å². The topological polar surface area (TPSA) is 54.9 Å². The Kier molecular flexibility index (Phi) is 3.11. The zero-order chi connectivity index (χ0) is 14.1. The van der Waals surface area contributed by atoms with Crippen LogP contribution in [0, 0.1) is 11.6 Å². The van der Waals surface area contributed by atoms with Gasteiger partial charge in [-0.05, 0) is 24.3 Å². The number of nitrogens with zero attached hydrogens (tertiary/aromatic N) is 2. The summed E-state index contributed by atoms with van der Waals surface area (Å²) >= 11 is 0.997. The lowest BCUT2D eigenvalue weighted by Gasteiger charge is -2.07. The summed E-state index contributed by atoms with van der Waals surface area (Å²) in [6.45, 7) is 0. The Labute approximate surface area is 116 Å². The molecule has 0 saturated carbocycles. The molecule has 100 valence electrons. The third kappa shape index (κ3) is 2.12. The molecule has 0 saturated heterocycles. The molecule has 0 atom stereocenters. The third-order valence-electron chi connectivity index (χ3n) is 2.72. The van der Waals surface area contributed by atoms with Crippen molar-refractivity contribution in [2.45, 2.75) is 0 Å². The molecule has 20 heavy (non-hydrogen) atoms. The van der Waals surface area contributed by atoms with E-state index in [0.717, 1.165) is 23.9 Å². The van der Waals surface area contributed by atoms with E-state index >= 15 is 0 Å². The number of nitrogens with one attached hydrogen (secondary N) is 1. The van der Waals surface area contributed by atoms with Gasteiger partial charge in [-0.1, -0.05) is 12.1 Å². The van der Waals surface area contributed by atoms with Gasteiger partial charge in [-0.3, -0.25) is 4.79 Å². The van der Waals surface area contributed by atoms with Gasteiger partial charge in [0.25, 0.3) is 5.91 Å². The van der Waals surface area contributed by atoms with Crippen LogP contribution in [0.5, 0.6) is 0 Å². The molecule has 3 rings (SSSR count). The van der Waals surface area contributed by atoms with E-state index in [1.54, 1.807) is 18.2 Å². The van der Waals surface area contributed by atoms with Crippen molar-refractivity contribution < 1.29 is 13.6 Å². The summed E-state index contributed by atoms with van der Waals surface area (Å²) in [5, 5.41) is 2.45. The molecule has 0 aliphatic carbocycles. The van der Waals surface area contributed by atoms with Crippen molar-refractivity contribution in [2.24, 2.45) is 0 Å². The van der Waals surface area contributed by atoms with Gasteiger partial charge in [0.15, 0.2) is 0 Å². The molecule has 0 radical (unpaired) electrons. The average Bonchev–Trinajstić information content (AvgIpc) is 2.88. The minimum atomic E-state index is -0.911. The van der Waals surface area contributed by atoms with Gasteiger partial charge >= 0.3 is 0 Å². The number of halogens is 2. The molecule has 1 aromatic heterocycles. The number of amides is 1. The van der Waals surface area contributed by atoms with Crippen LogP contribution >= 0.6 is 11.7 Å². The molecular formula is C13H7F2N3OS. The summed E-state index contributed by atoms with van der Waals surface area (Å²) in [5.41, 5.74) is 0.848. The van der Waals surface area contributed by atoms with Crippen LogP contribution in [0.25, 0.3) is 11.0 Å². The van der Waals surface area contributed by atoms with Crippen LogP contribution in [0.4, 0.5) is 14.5 Å². The first-order valence-corrected chi connectivity index (χ1v) is 6.36. The minimum absolute atomic E-state index is 0.365. The summed E-state index contributed by atoms with van der Waals surface area (Å²) in [7, 11) is 0.